The molecule has 2 rings (SSSR count). The van der Waals surface area contributed by atoms with Crippen molar-refractivity contribution in [3.05, 3.63) is 69.0 Å². The van der Waals surface area contributed by atoms with Crippen LogP contribution < -0.4 is 5.73 Å². The molecule has 0 aliphatic heterocycles. The summed E-state index contributed by atoms with van der Waals surface area (Å²) in [5.74, 6) is 0. The molecule has 0 saturated carbocycles. The second kappa shape index (κ2) is 6.45. The molecule has 2 aromatic rings. The predicted octanol–water partition coefficient (Wildman–Crippen LogP) is 3.24. The van der Waals surface area contributed by atoms with Crippen molar-refractivity contribution in [2.24, 2.45) is 5.73 Å². The minimum absolute atomic E-state index is 0.0900. The molecule has 5 heteroatoms. The highest BCUT2D eigenvalue weighted by Crippen LogP contribution is 2.26. The van der Waals surface area contributed by atoms with Crippen LogP contribution in [0.15, 0.2) is 36.5 Å². The number of nitro groups is 1. The van der Waals surface area contributed by atoms with Gasteiger partial charge in [-0.3, -0.25) is 15.1 Å². The van der Waals surface area contributed by atoms with Crippen molar-refractivity contribution in [3.8, 4) is 0 Å². The highest BCUT2D eigenvalue weighted by Gasteiger charge is 2.19. The Morgan fingerprint density at radius 2 is 1.95 bits per heavy atom. The average Bonchev–Trinajstić information content (AvgIpc) is 2.46. The number of aromatic nitrogens is 1. The molecule has 0 bridgehead atoms. The van der Waals surface area contributed by atoms with Gasteiger partial charge < -0.3 is 5.73 Å². The van der Waals surface area contributed by atoms with Crippen LogP contribution >= 0.6 is 0 Å². The zero-order chi connectivity index (χ0) is 15.4. The first-order chi connectivity index (χ1) is 10.0. The summed E-state index contributed by atoms with van der Waals surface area (Å²) < 4.78 is 0. The van der Waals surface area contributed by atoms with Crippen molar-refractivity contribution < 1.29 is 4.92 Å². The molecule has 1 aromatic heterocycles. The van der Waals surface area contributed by atoms with E-state index in [-0.39, 0.29) is 16.7 Å². The van der Waals surface area contributed by atoms with Crippen LogP contribution in [0.2, 0.25) is 0 Å². The van der Waals surface area contributed by atoms with Crippen molar-refractivity contribution >= 4 is 5.69 Å². The molecule has 1 aromatic carbocycles. The molecule has 110 valence electrons. The van der Waals surface area contributed by atoms with E-state index in [9.17, 15) is 10.1 Å². The fraction of sp³-hybridized carbons (Fsp3) is 0.312. The first-order valence-corrected chi connectivity index (χ1v) is 6.90. The fourth-order valence-corrected chi connectivity index (χ4v) is 2.46. The second-order valence-corrected chi connectivity index (χ2v) is 5.17. The van der Waals surface area contributed by atoms with E-state index in [1.807, 2.05) is 30.3 Å². The predicted molar refractivity (Wildman–Crippen MR) is 82.1 cm³/mol. The smallest absolute Gasteiger partial charge is 0.278 e. The first kappa shape index (κ1) is 15.1. The minimum Gasteiger partial charge on any atom is -0.324 e. The summed E-state index contributed by atoms with van der Waals surface area (Å²) in [7, 11) is 0. The number of aryl methyl sites for hydroxylation is 2. The summed E-state index contributed by atoms with van der Waals surface area (Å²) in [4.78, 5) is 15.1. The summed E-state index contributed by atoms with van der Waals surface area (Å²) in [6, 6.07) is 9.74. The van der Waals surface area contributed by atoms with Crippen LogP contribution in [0.25, 0.3) is 0 Å². The maximum absolute atomic E-state index is 11.1. The third kappa shape index (κ3) is 3.44. The molecule has 0 fully saturated rings. The standard InChI is InChI=1S/C16H19N3O2/c1-11-10-18-15(12(2)16(11)19(20)21)9-8-14(17)13-6-4-3-5-7-13/h3-7,10,14H,8-9,17H2,1-2H3. The molecule has 1 heterocycles. The molecular formula is C16H19N3O2. The fourth-order valence-electron chi connectivity index (χ4n) is 2.46. The maximum atomic E-state index is 11.1. The number of pyridine rings is 1. The Morgan fingerprint density at radius 3 is 2.57 bits per heavy atom. The van der Waals surface area contributed by atoms with Crippen molar-refractivity contribution in [2.45, 2.75) is 32.7 Å². The normalized spacial score (nSPS) is 12.1. The van der Waals surface area contributed by atoms with Gasteiger partial charge in [-0.25, -0.2) is 0 Å². The van der Waals surface area contributed by atoms with Crippen LogP contribution in [0.5, 0.6) is 0 Å². The molecule has 21 heavy (non-hydrogen) atoms. The Labute approximate surface area is 124 Å². The summed E-state index contributed by atoms with van der Waals surface area (Å²) in [6.07, 6.45) is 2.90. The van der Waals surface area contributed by atoms with Crippen LogP contribution in [-0.2, 0) is 6.42 Å². The van der Waals surface area contributed by atoms with Gasteiger partial charge in [0, 0.05) is 23.4 Å². The van der Waals surface area contributed by atoms with Crippen LogP contribution in [0.1, 0.15) is 34.8 Å². The Kier molecular flexibility index (Phi) is 4.65. The van der Waals surface area contributed by atoms with E-state index in [1.165, 1.54) is 0 Å². The number of nitrogens with zero attached hydrogens (tertiary/aromatic N) is 2. The van der Waals surface area contributed by atoms with E-state index in [0.717, 1.165) is 11.3 Å². The van der Waals surface area contributed by atoms with Gasteiger partial charge in [0.1, 0.15) is 0 Å². The Morgan fingerprint density at radius 1 is 1.29 bits per heavy atom. The van der Waals surface area contributed by atoms with Gasteiger partial charge in [0.25, 0.3) is 5.69 Å². The van der Waals surface area contributed by atoms with Gasteiger partial charge in [0.2, 0.25) is 0 Å². The van der Waals surface area contributed by atoms with E-state index < -0.39 is 0 Å². The molecule has 0 amide bonds. The van der Waals surface area contributed by atoms with E-state index >= 15 is 0 Å². The van der Waals surface area contributed by atoms with Crippen molar-refractivity contribution in [3.63, 3.8) is 0 Å². The van der Waals surface area contributed by atoms with Gasteiger partial charge in [-0.15, -0.1) is 0 Å². The number of rotatable bonds is 5. The van der Waals surface area contributed by atoms with Crippen molar-refractivity contribution in [2.75, 3.05) is 0 Å². The van der Waals surface area contributed by atoms with E-state index in [1.54, 1.807) is 20.0 Å². The third-order valence-corrected chi connectivity index (χ3v) is 3.68. The zero-order valence-corrected chi connectivity index (χ0v) is 12.2. The van der Waals surface area contributed by atoms with Crippen LogP contribution in [0, 0.1) is 24.0 Å². The van der Waals surface area contributed by atoms with E-state index in [4.69, 9.17) is 5.73 Å². The molecule has 0 saturated heterocycles. The number of hydrogen-bond donors (Lipinski definition) is 1. The molecule has 2 N–H and O–H groups in total. The first-order valence-electron chi connectivity index (χ1n) is 6.90. The molecule has 5 nitrogen and oxygen atoms in total. The maximum Gasteiger partial charge on any atom is 0.278 e. The quantitative estimate of drug-likeness (QED) is 0.675. The molecule has 1 unspecified atom stereocenters. The average molecular weight is 285 g/mol. The second-order valence-electron chi connectivity index (χ2n) is 5.17. The topological polar surface area (TPSA) is 82.0 Å². The molecule has 0 aliphatic rings. The number of benzene rings is 1. The summed E-state index contributed by atoms with van der Waals surface area (Å²) >= 11 is 0. The lowest BCUT2D eigenvalue weighted by Gasteiger charge is -2.13. The van der Waals surface area contributed by atoms with Crippen LogP contribution in [0.3, 0.4) is 0 Å². The molecule has 0 radical (unpaired) electrons. The Hall–Kier alpha value is -2.27. The highest BCUT2D eigenvalue weighted by atomic mass is 16.6. The largest absolute Gasteiger partial charge is 0.324 e. The summed E-state index contributed by atoms with van der Waals surface area (Å²) in [5, 5.41) is 11.1. The number of hydrogen-bond acceptors (Lipinski definition) is 4. The van der Waals surface area contributed by atoms with Gasteiger partial charge in [0.15, 0.2) is 0 Å². The lowest BCUT2D eigenvalue weighted by Crippen LogP contribution is -2.12. The van der Waals surface area contributed by atoms with Gasteiger partial charge in [-0.1, -0.05) is 30.3 Å². The van der Waals surface area contributed by atoms with Gasteiger partial charge >= 0.3 is 0 Å². The Balaban J connectivity index is 2.14. The summed E-state index contributed by atoms with van der Waals surface area (Å²) in [5.41, 5.74) is 9.37. The Bertz CT molecular complexity index is 641. The van der Waals surface area contributed by atoms with Crippen LogP contribution in [-0.4, -0.2) is 9.91 Å². The highest BCUT2D eigenvalue weighted by molar-refractivity contribution is 5.47. The van der Waals surface area contributed by atoms with Crippen molar-refractivity contribution in [1.29, 1.82) is 0 Å². The molecule has 1 atom stereocenters. The lowest BCUT2D eigenvalue weighted by molar-refractivity contribution is -0.386. The van der Waals surface area contributed by atoms with E-state index in [0.29, 0.717) is 24.0 Å². The lowest BCUT2D eigenvalue weighted by atomic mass is 9.99. The SMILES string of the molecule is Cc1cnc(CCC(N)c2ccccc2)c(C)c1[N+](=O)[O-]. The summed E-state index contributed by atoms with van der Waals surface area (Å²) in [6.45, 7) is 3.46. The van der Waals surface area contributed by atoms with Gasteiger partial charge in [-0.05, 0) is 32.3 Å². The van der Waals surface area contributed by atoms with E-state index in [2.05, 4.69) is 4.98 Å². The third-order valence-electron chi connectivity index (χ3n) is 3.68. The van der Waals surface area contributed by atoms with Crippen LogP contribution in [0.4, 0.5) is 5.69 Å². The van der Waals surface area contributed by atoms with Gasteiger partial charge in [0.05, 0.1) is 10.6 Å². The zero-order valence-electron chi connectivity index (χ0n) is 12.2. The van der Waals surface area contributed by atoms with Crippen molar-refractivity contribution in [1.82, 2.24) is 4.98 Å². The molecule has 0 aliphatic carbocycles. The molecule has 0 spiro atoms. The van der Waals surface area contributed by atoms with Gasteiger partial charge in [-0.2, -0.15) is 0 Å². The monoisotopic (exact) mass is 285 g/mol. The number of nitrogens with two attached hydrogens (primary N) is 1. The molecular weight excluding hydrogens is 266 g/mol. The minimum atomic E-state index is -0.340.